The molecule has 1 aliphatic rings. The van der Waals surface area contributed by atoms with Crippen molar-refractivity contribution in [1.82, 2.24) is 4.98 Å². The smallest absolute Gasteiger partial charge is 0.358 e. The van der Waals surface area contributed by atoms with E-state index in [1.165, 1.54) is 5.56 Å². The molecule has 4 rings (SSSR count). The molecule has 0 aliphatic carbocycles. The van der Waals surface area contributed by atoms with Gasteiger partial charge in [-0.1, -0.05) is 35.9 Å². The van der Waals surface area contributed by atoms with Gasteiger partial charge < -0.3 is 19.3 Å². The monoisotopic (exact) mass is 370 g/mol. The SMILES string of the molecule is Cc1ccc(N[C@@H](c2c[nH]c3ccccc23)P2(=O)O[C@H](C)[C@@H](C)O2)cc1. The fraction of sp³-hybridized carbons (Fsp3) is 0.300. The van der Waals surface area contributed by atoms with Crippen molar-refractivity contribution in [3.63, 3.8) is 0 Å². The Morgan fingerprint density at radius 3 is 2.38 bits per heavy atom. The zero-order valence-electron chi connectivity index (χ0n) is 15.1. The Morgan fingerprint density at radius 2 is 1.69 bits per heavy atom. The molecule has 0 saturated carbocycles. The Balaban J connectivity index is 1.79. The molecule has 0 radical (unpaired) electrons. The van der Waals surface area contributed by atoms with Gasteiger partial charge >= 0.3 is 7.60 Å². The number of nitrogens with one attached hydrogen (secondary N) is 2. The van der Waals surface area contributed by atoms with Gasteiger partial charge in [0.25, 0.3) is 0 Å². The number of benzene rings is 2. The van der Waals surface area contributed by atoms with Gasteiger partial charge in [-0.2, -0.15) is 0 Å². The van der Waals surface area contributed by atoms with Crippen molar-refractivity contribution < 1.29 is 13.6 Å². The number of anilines is 1. The molecule has 3 aromatic rings. The average molecular weight is 370 g/mol. The minimum Gasteiger partial charge on any atom is -0.368 e. The maximum Gasteiger partial charge on any atom is 0.358 e. The van der Waals surface area contributed by atoms with Crippen LogP contribution >= 0.6 is 7.60 Å². The summed E-state index contributed by atoms with van der Waals surface area (Å²) in [6.07, 6.45) is 1.46. The second-order valence-corrected chi connectivity index (χ2v) is 8.88. The van der Waals surface area contributed by atoms with Gasteiger partial charge in [-0.15, -0.1) is 0 Å². The van der Waals surface area contributed by atoms with Crippen LogP contribution in [0.4, 0.5) is 5.69 Å². The number of fused-ring (bicyclic) bond motifs is 1. The minimum absolute atomic E-state index is 0.214. The zero-order chi connectivity index (χ0) is 18.3. The molecular formula is C20H23N2O3P. The molecule has 2 heterocycles. The summed E-state index contributed by atoms with van der Waals surface area (Å²) in [6, 6.07) is 16.0. The Morgan fingerprint density at radius 1 is 1.04 bits per heavy atom. The van der Waals surface area contributed by atoms with Gasteiger partial charge in [0, 0.05) is 28.4 Å². The maximum atomic E-state index is 13.6. The third-order valence-corrected chi connectivity index (χ3v) is 7.17. The lowest BCUT2D eigenvalue weighted by atomic mass is 10.1. The highest BCUT2D eigenvalue weighted by Gasteiger charge is 2.47. The van der Waals surface area contributed by atoms with Gasteiger partial charge in [0.05, 0.1) is 12.2 Å². The van der Waals surface area contributed by atoms with Gasteiger partial charge in [-0.25, -0.2) is 0 Å². The van der Waals surface area contributed by atoms with Crippen LogP contribution in [0.2, 0.25) is 0 Å². The third-order valence-electron chi connectivity index (χ3n) is 4.87. The number of H-pyrrole nitrogens is 1. The highest BCUT2D eigenvalue weighted by Crippen LogP contribution is 2.66. The fourth-order valence-corrected chi connectivity index (χ4v) is 5.66. The Hall–Kier alpha value is -2.07. The molecule has 6 heteroatoms. The highest BCUT2D eigenvalue weighted by atomic mass is 31.2. The summed E-state index contributed by atoms with van der Waals surface area (Å²) in [5.74, 6) is -0.589. The van der Waals surface area contributed by atoms with Crippen molar-refractivity contribution in [1.29, 1.82) is 0 Å². The van der Waals surface area contributed by atoms with Crippen molar-refractivity contribution in [3.05, 3.63) is 65.9 Å². The Labute approximate surface area is 153 Å². The highest BCUT2D eigenvalue weighted by molar-refractivity contribution is 7.54. The van der Waals surface area contributed by atoms with Crippen molar-refractivity contribution in [2.75, 3.05) is 5.32 Å². The van der Waals surface area contributed by atoms with Crippen LogP contribution in [-0.4, -0.2) is 17.2 Å². The van der Waals surface area contributed by atoms with E-state index < -0.39 is 13.4 Å². The molecule has 1 saturated heterocycles. The first-order chi connectivity index (χ1) is 12.5. The van der Waals surface area contributed by atoms with Gasteiger partial charge in [-0.05, 0) is 39.0 Å². The summed E-state index contributed by atoms with van der Waals surface area (Å²) < 4.78 is 25.3. The van der Waals surface area contributed by atoms with Crippen molar-refractivity contribution in [2.24, 2.45) is 0 Å². The summed E-state index contributed by atoms with van der Waals surface area (Å²) in [4.78, 5) is 3.25. The van der Waals surface area contributed by atoms with Crippen LogP contribution in [0.5, 0.6) is 0 Å². The first-order valence-electron chi connectivity index (χ1n) is 8.82. The number of para-hydroxylation sites is 1. The lowest BCUT2D eigenvalue weighted by molar-refractivity contribution is 0.187. The van der Waals surface area contributed by atoms with Crippen LogP contribution in [0, 0.1) is 6.92 Å². The van der Waals surface area contributed by atoms with Gasteiger partial charge in [-0.3, -0.25) is 4.57 Å². The summed E-state index contributed by atoms with van der Waals surface area (Å²) in [5.41, 5.74) is 3.91. The molecule has 26 heavy (non-hydrogen) atoms. The number of aromatic nitrogens is 1. The van der Waals surface area contributed by atoms with Crippen molar-refractivity contribution in [3.8, 4) is 0 Å². The first kappa shape index (κ1) is 17.3. The number of hydrogen-bond donors (Lipinski definition) is 2. The standard InChI is InChI=1S/C20H23N2O3P/c1-13-8-10-16(11-9-13)22-20(26(23)24-14(2)15(3)25-26)18-12-21-19-7-5-4-6-17(18)19/h4-12,14-15,20-22H,1-3H3/t14-,15-,20-/m1/s1. The number of rotatable bonds is 4. The normalized spacial score (nSPS) is 23.2. The number of hydrogen-bond acceptors (Lipinski definition) is 4. The van der Waals surface area contributed by atoms with E-state index in [1.807, 2.05) is 75.5 Å². The van der Waals surface area contributed by atoms with Gasteiger partial charge in [0.1, 0.15) is 0 Å². The second-order valence-electron chi connectivity index (χ2n) is 6.86. The summed E-state index contributed by atoms with van der Waals surface area (Å²) >= 11 is 0. The molecule has 2 aromatic carbocycles. The molecule has 0 amide bonds. The lowest BCUT2D eigenvalue weighted by Crippen LogP contribution is -2.13. The van der Waals surface area contributed by atoms with Crippen LogP contribution < -0.4 is 5.32 Å². The van der Waals surface area contributed by atoms with Gasteiger partial charge in [0.15, 0.2) is 5.78 Å². The van der Waals surface area contributed by atoms with E-state index in [0.717, 1.165) is 22.2 Å². The molecule has 2 N–H and O–H groups in total. The molecule has 1 aromatic heterocycles. The lowest BCUT2D eigenvalue weighted by Gasteiger charge is -2.24. The van der Waals surface area contributed by atoms with E-state index in [1.54, 1.807) is 0 Å². The number of aromatic amines is 1. The molecular weight excluding hydrogens is 347 g/mol. The van der Waals surface area contributed by atoms with Crippen molar-refractivity contribution >= 4 is 24.2 Å². The van der Waals surface area contributed by atoms with Crippen LogP contribution in [-0.2, 0) is 13.6 Å². The molecule has 0 spiro atoms. The predicted octanol–water partition coefficient (Wildman–Crippen LogP) is 5.60. The van der Waals surface area contributed by atoms with E-state index in [9.17, 15) is 4.57 Å². The molecule has 0 bridgehead atoms. The molecule has 1 aliphatic heterocycles. The summed E-state index contributed by atoms with van der Waals surface area (Å²) in [6.45, 7) is 5.82. The van der Waals surface area contributed by atoms with Gasteiger partial charge in [0.2, 0.25) is 0 Å². The first-order valence-corrected chi connectivity index (χ1v) is 10.4. The molecule has 136 valence electrons. The van der Waals surface area contributed by atoms with Crippen molar-refractivity contribution in [2.45, 2.75) is 38.8 Å². The maximum absolute atomic E-state index is 13.6. The van der Waals surface area contributed by atoms with E-state index >= 15 is 0 Å². The fourth-order valence-electron chi connectivity index (χ4n) is 3.24. The largest absolute Gasteiger partial charge is 0.368 e. The molecule has 0 unspecified atom stereocenters. The van der Waals surface area contributed by atoms with E-state index in [2.05, 4.69) is 10.3 Å². The average Bonchev–Trinajstić information content (AvgIpc) is 3.15. The van der Waals surface area contributed by atoms with Crippen LogP contribution in [0.25, 0.3) is 10.9 Å². The van der Waals surface area contributed by atoms with Crippen LogP contribution in [0.3, 0.4) is 0 Å². The molecule has 1 fully saturated rings. The number of aryl methyl sites for hydroxylation is 1. The Kier molecular flexibility index (Phi) is 4.39. The summed E-state index contributed by atoms with van der Waals surface area (Å²) in [5, 5.41) is 4.40. The van der Waals surface area contributed by atoms with Crippen LogP contribution in [0.15, 0.2) is 54.7 Å². The second kappa shape index (κ2) is 6.58. The molecule has 5 nitrogen and oxygen atoms in total. The van der Waals surface area contributed by atoms with E-state index in [-0.39, 0.29) is 12.2 Å². The predicted molar refractivity (Wildman–Crippen MR) is 105 cm³/mol. The quantitative estimate of drug-likeness (QED) is 0.587. The third kappa shape index (κ3) is 3.07. The van der Waals surface area contributed by atoms with E-state index in [0.29, 0.717) is 0 Å². The topological polar surface area (TPSA) is 63.4 Å². The zero-order valence-corrected chi connectivity index (χ0v) is 16.0. The summed E-state index contributed by atoms with van der Waals surface area (Å²) in [7, 11) is -3.39. The minimum atomic E-state index is -3.39. The van der Waals surface area contributed by atoms with E-state index in [4.69, 9.17) is 9.05 Å². The molecule has 3 atom stereocenters. The Bertz CT molecular complexity index is 953. The van der Waals surface area contributed by atoms with Crippen LogP contribution in [0.1, 0.15) is 30.8 Å².